The van der Waals surface area contributed by atoms with Crippen LogP contribution in [0.5, 0.6) is 0 Å². The predicted molar refractivity (Wildman–Crippen MR) is 69.8 cm³/mol. The minimum Gasteiger partial charge on any atom is -0.462 e. The van der Waals surface area contributed by atoms with E-state index in [1.54, 1.807) is 24.3 Å². The van der Waals surface area contributed by atoms with E-state index in [1.807, 2.05) is 6.92 Å². The molecule has 0 spiro atoms. The van der Waals surface area contributed by atoms with Crippen LogP contribution < -0.4 is 0 Å². The maximum absolute atomic E-state index is 12.9. The molecule has 0 atom stereocenters. The Kier molecular flexibility index (Phi) is 4.06. The van der Waals surface area contributed by atoms with Crippen LogP contribution in [0.3, 0.4) is 0 Å². The van der Waals surface area contributed by atoms with Crippen LogP contribution in [0, 0.1) is 6.92 Å². The Morgan fingerprint density at radius 1 is 1.24 bits per heavy atom. The zero-order chi connectivity index (χ0) is 15.6. The first-order valence-corrected chi connectivity index (χ1v) is 6.28. The maximum Gasteiger partial charge on any atom is 0.450 e. The molecule has 0 aliphatic rings. The molecule has 0 fully saturated rings. The van der Waals surface area contributed by atoms with Crippen LogP contribution in [-0.2, 0) is 10.9 Å². The summed E-state index contributed by atoms with van der Waals surface area (Å²) in [5.74, 6) is -2.41. The van der Waals surface area contributed by atoms with Gasteiger partial charge in [0.25, 0.3) is 0 Å². The molecule has 0 bridgehead atoms. The number of aryl methyl sites for hydroxylation is 1. The van der Waals surface area contributed by atoms with E-state index in [2.05, 4.69) is 4.74 Å². The Bertz CT molecular complexity index is 639. The lowest BCUT2D eigenvalue weighted by Gasteiger charge is -2.05. The van der Waals surface area contributed by atoms with Gasteiger partial charge in [-0.1, -0.05) is 29.8 Å². The molecule has 3 nitrogen and oxygen atoms in total. The molecule has 0 saturated carbocycles. The largest absolute Gasteiger partial charge is 0.462 e. The third kappa shape index (κ3) is 3.26. The van der Waals surface area contributed by atoms with Crippen molar-refractivity contribution in [3.05, 3.63) is 47.2 Å². The number of halogens is 3. The van der Waals surface area contributed by atoms with Crippen LogP contribution in [0.4, 0.5) is 13.2 Å². The molecule has 0 radical (unpaired) electrons. The average Bonchev–Trinajstić information content (AvgIpc) is 2.85. The molecule has 2 aromatic rings. The number of hydrogen-bond acceptors (Lipinski definition) is 3. The van der Waals surface area contributed by atoms with E-state index in [0.29, 0.717) is 5.56 Å². The van der Waals surface area contributed by atoms with Gasteiger partial charge in [0.2, 0.25) is 5.76 Å². The Balaban J connectivity index is 2.50. The maximum atomic E-state index is 12.9. The van der Waals surface area contributed by atoms with Crippen LogP contribution in [-0.4, -0.2) is 12.6 Å². The molecule has 2 rings (SSSR count). The number of alkyl halides is 3. The van der Waals surface area contributed by atoms with Gasteiger partial charge in [-0.3, -0.25) is 0 Å². The van der Waals surface area contributed by atoms with E-state index in [0.717, 1.165) is 11.6 Å². The van der Waals surface area contributed by atoms with Gasteiger partial charge in [-0.2, -0.15) is 13.2 Å². The topological polar surface area (TPSA) is 39.4 Å². The van der Waals surface area contributed by atoms with Gasteiger partial charge in [0.15, 0.2) is 0 Å². The van der Waals surface area contributed by atoms with E-state index in [9.17, 15) is 18.0 Å². The normalized spacial score (nSPS) is 11.5. The summed E-state index contributed by atoms with van der Waals surface area (Å²) in [7, 11) is 0. The number of ether oxygens (including phenoxy) is 1. The van der Waals surface area contributed by atoms with Crippen molar-refractivity contribution in [2.75, 3.05) is 6.61 Å². The van der Waals surface area contributed by atoms with Crippen molar-refractivity contribution < 1.29 is 27.1 Å². The summed E-state index contributed by atoms with van der Waals surface area (Å²) in [6.07, 6.45) is -4.76. The SMILES string of the molecule is CCOC(=O)c1cc(-c2ccc(C)cc2)oc1C(F)(F)F. The van der Waals surface area contributed by atoms with Crippen LogP contribution in [0.25, 0.3) is 11.3 Å². The van der Waals surface area contributed by atoms with Gasteiger partial charge in [0.1, 0.15) is 11.3 Å². The lowest BCUT2D eigenvalue weighted by molar-refractivity contribution is -0.153. The molecule has 112 valence electrons. The standard InChI is InChI=1S/C15H13F3O3/c1-3-20-14(19)11-8-12(21-13(11)15(16,17)18)10-6-4-9(2)5-7-10/h4-8H,3H2,1-2H3. The van der Waals surface area contributed by atoms with Crippen molar-refractivity contribution in [2.24, 2.45) is 0 Å². The molecular weight excluding hydrogens is 285 g/mol. The first-order chi connectivity index (χ1) is 9.82. The van der Waals surface area contributed by atoms with E-state index in [-0.39, 0.29) is 12.4 Å². The second-order valence-corrected chi connectivity index (χ2v) is 4.44. The molecule has 21 heavy (non-hydrogen) atoms. The Morgan fingerprint density at radius 3 is 2.38 bits per heavy atom. The second-order valence-electron chi connectivity index (χ2n) is 4.44. The Hall–Kier alpha value is -2.24. The number of esters is 1. The zero-order valence-corrected chi connectivity index (χ0v) is 11.5. The monoisotopic (exact) mass is 298 g/mol. The van der Waals surface area contributed by atoms with Crippen molar-refractivity contribution in [1.82, 2.24) is 0 Å². The van der Waals surface area contributed by atoms with Crippen LogP contribution >= 0.6 is 0 Å². The molecule has 0 N–H and O–H groups in total. The van der Waals surface area contributed by atoms with Crippen molar-refractivity contribution in [3.63, 3.8) is 0 Å². The first-order valence-electron chi connectivity index (χ1n) is 6.28. The van der Waals surface area contributed by atoms with Crippen LogP contribution in [0.2, 0.25) is 0 Å². The molecule has 1 aromatic carbocycles. The lowest BCUT2D eigenvalue weighted by Crippen LogP contribution is -2.12. The molecule has 0 aliphatic carbocycles. The summed E-state index contributed by atoms with van der Waals surface area (Å²) in [6.45, 7) is 3.37. The van der Waals surface area contributed by atoms with E-state index < -0.39 is 23.5 Å². The van der Waals surface area contributed by atoms with Gasteiger partial charge < -0.3 is 9.15 Å². The molecule has 0 unspecified atom stereocenters. The van der Waals surface area contributed by atoms with Crippen molar-refractivity contribution >= 4 is 5.97 Å². The van der Waals surface area contributed by atoms with E-state index in [4.69, 9.17) is 4.42 Å². The van der Waals surface area contributed by atoms with Crippen molar-refractivity contribution in [3.8, 4) is 11.3 Å². The number of rotatable bonds is 3. The smallest absolute Gasteiger partial charge is 0.450 e. The first kappa shape index (κ1) is 15.2. The number of carbonyl (C=O) groups excluding carboxylic acids is 1. The number of carbonyl (C=O) groups is 1. The highest BCUT2D eigenvalue weighted by atomic mass is 19.4. The fraction of sp³-hybridized carbons (Fsp3) is 0.267. The van der Waals surface area contributed by atoms with E-state index in [1.165, 1.54) is 6.92 Å². The summed E-state index contributed by atoms with van der Waals surface area (Å²) in [6, 6.07) is 7.81. The molecule has 6 heteroatoms. The predicted octanol–water partition coefficient (Wildman–Crippen LogP) is 4.45. The molecule has 0 amide bonds. The van der Waals surface area contributed by atoms with Crippen LogP contribution in [0.1, 0.15) is 28.6 Å². The van der Waals surface area contributed by atoms with Crippen molar-refractivity contribution in [2.45, 2.75) is 20.0 Å². The minimum absolute atomic E-state index is 0.0127. The third-order valence-electron chi connectivity index (χ3n) is 2.82. The molecule has 0 aliphatic heterocycles. The lowest BCUT2D eigenvalue weighted by atomic mass is 10.1. The zero-order valence-electron chi connectivity index (χ0n) is 11.5. The minimum atomic E-state index is -4.76. The summed E-state index contributed by atoms with van der Waals surface area (Å²) in [5, 5.41) is 0. The number of furan rings is 1. The van der Waals surface area contributed by atoms with Gasteiger partial charge in [-0.15, -0.1) is 0 Å². The summed E-state index contributed by atoms with van der Waals surface area (Å²) in [5.41, 5.74) is 0.813. The fourth-order valence-corrected chi connectivity index (χ4v) is 1.82. The molecule has 0 saturated heterocycles. The van der Waals surface area contributed by atoms with Gasteiger partial charge >= 0.3 is 12.1 Å². The quantitative estimate of drug-likeness (QED) is 0.786. The van der Waals surface area contributed by atoms with Gasteiger partial charge in [0, 0.05) is 5.56 Å². The summed E-state index contributed by atoms with van der Waals surface area (Å²) >= 11 is 0. The molecule has 1 heterocycles. The molecular formula is C15H13F3O3. The van der Waals surface area contributed by atoms with Gasteiger partial charge in [0.05, 0.1) is 6.61 Å². The number of benzene rings is 1. The summed E-state index contributed by atoms with van der Waals surface area (Å²) < 4.78 is 48.3. The fourth-order valence-electron chi connectivity index (χ4n) is 1.82. The second kappa shape index (κ2) is 5.63. The van der Waals surface area contributed by atoms with Gasteiger partial charge in [-0.25, -0.2) is 4.79 Å². The van der Waals surface area contributed by atoms with Gasteiger partial charge in [-0.05, 0) is 19.9 Å². The van der Waals surface area contributed by atoms with E-state index >= 15 is 0 Å². The molecule has 1 aromatic heterocycles. The average molecular weight is 298 g/mol. The third-order valence-corrected chi connectivity index (χ3v) is 2.82. The highest BCUT2D eigenvalue weighted by molar-refractivity contribution is 5.92. The summed E-state index contributed by atoms with van der Waals surface area (Å²) in [4.78, 5) is 11.6. The Morgan fingerprint density at radius 2 is 1.86 bits per heavy atom. The highest BCUT2D eigenvalue weighted by Gasteiger charge is 2.41. The Labute approximate surface area is 119 Å². The van der Waals surface area contributed by atoms with Crippen molar-refractivity contribution in [1.29, 1.82) is 0 Å². The highest BCUT2D eigenvalue weighted by Crippen LogP contribution is 2.37. The van der Waals surface area contributed by atoms with Crippen LogP contribution in [0.15, 0.2) is 34.7 Å². The number of hydrogen-bond donors (Lipinski definition) is 0.